The van der Waals surface area contributed by atoms with Crippen LogP contribution in [-0.2, 0) is 22.9 Å². The number of hydrogen-bond acceptors (Lipinski definition) is 3. The van der Waals surface area contributed by atoms with Crippen molar-refractivity contribution in [2.45, 2.75) is 38.0 Å². The Bertz CT molecular complexity index is 914. The lowest BCUT2D eigenvalue weighted by molar-refractivity contribution is 0.561. The molecule has 1 N–H and O–H groups in total. The molecular weight excluding hydrogens is 320 g/mol. The molecule has 0 saturated heterocycles. The van der Waals surface area contributed by atoms with Crippen molar-refractivity contribution in [1.29, 1.82) is 0 Å². The van der Waals surface area contributed by atoms with Crippen LogP contribution in [0.4, 0.5) is 0 Å². The summed E-state index contributed by atoms with van der Waals surface area (Å²) < 4.78 is 43.8. The summed E-state index contributed by atoms with van der Waals surface area (Å²) in [5, 5.41) is 1.48. The zero-order valence-electron chi connectivity index (χ0n) is 14.5. The second-order valence-electron chi connectivity index (χ2n) is 5.82. The first-order valence-electron chi connectivity index (χ1n) is 8.26. The molecule has 1 aromatic heterocycles. The molecule has 3 rings (SSSR count). The zero-order chi connectivity index (χ0) is 17.7. The molecule has 0 unspecified atom stereocenters. The summed E-state index contributed by atoms with van der Waals surface area (Å²) in [6.07, 6.45) is 4.28. The van der Waals surface area contributed by atoms with Gasteiger partial charge in [0.25, 0.3) is 0 Å². The Morgan fingerprint density at radius 1 is 1.36 bits per heavy atom. The van der Waals surface area contributed by atoms with E-state index in [-0.39, 0.29) is 10.0 Å². The SMILES string of the molecule is [2H]C([2H])(NS(=O)(=O)c1cc2c(c3cnc(Cl)cc13)CCC2)C(C)C. The molecule has 1 aromatic carbocycles. The molecule has 0 aliphatic heterocycles. The second-order valence-corrected chi connectivity index (χ2v) is 7.86. The fourth-order valence-electron chi connectivity index (χ4n) is 2.82. The van der Waals surface area contributed by atoms with Crippen LogP contribution < -0.4 is 4.72 Å². The number of nitrogens with one attached hydrogen (secondary N) is 1. The first-order valence-corrected chi connectivity index (χ1v) is 9.12. The van der Waals surface area contributed by atoms with Gasteiger partial charge in [-0.2, -0.15) is 0 Å². The molecular formula is C16H19ClN2O2S. The summed E-state index contributed by atoms with van der Waals surface area (Å²) in [7, 11) is -4.04. The van der Waals surface area contributed by atoms with E-state index in [1.807, 2.05) is 0 Å². The standard InChI is InChI=1S/C16H19ClN2O2S/c1-10(2)8-19-22(20,21)15-6-11-4-3-5-12(11)14-9-18-16(17)7-13(14)15/h6-7,9-10,19H,3-5,8H2,1-2H3/i8D2. The number of nitrogens with zero attached hydrogens (tertiary/aromatic N) is 1. The molecule has 0 bridgehead atoms. The number of benzene rings is 1. The zero-order valence-corrected chi connectivity index (χ0v) is 14.1. The van der Waals surface area contributed by atoms with Crippen molar-refractivity contribution in [1.82, 2.24) is 9.71 Å². The van der Waals surface area contributed by atoms with E-state index < -0.39 is 22.4 Å². The number of pyridine rings is 1. The summed E-state index contributed by atoms with van der Waals surface area (Å²) in [5.41, 5.74) is 2.09. The summed E-state index contributed by atoms with van der Waals surface area (Å²) in [6, 6.07) is 3.19. The van der Waals surface area contributed by atoms with Crippen LogP contribution in [-0.4, -0.2) is 19.9 Å². The van der Waals surface area contributed by atoms with E-state index in [4.69, 9.17) is 14.3 Å². The van der Waals surface area contributed by atoms with Crippen molar-refractivity contribution >= 4 is 32.4 Å². The number of sulfonamides is 1. The molecule has 6 heteroatoms. The number of hydrogen-bond donors (Lipinski definition) is 1. The Morgan fingerprint density at radius 3 is 2.86 bits per heavy atom. The Kier molecular flexibility index (Phi) is 3.50. The molecule has 0 atom stereocenters. The molecule has 22 heavy (non-hydrogen) atoms. The molecule has 0 amide bonds. The fraction of sp³-hybridized carbons (Fsp3) is 0.438. The largest absolute Gasteiger partial charge is 0.244 e. The topological polar surface area (TPSA) is 59.1 Å². The van der Waals surface area contributed by atoms with Crippen molar-refractivity contribution in [2.75, 3.05) is 6.50 Å². The van der Waals surface area contributed by atoms with Crippen LogP contribution in [0.3, 0.4) is 0 Å². The molecule has 1 aliphatic carbocycles. The quantitative estimate of drug-likeness (QED) is 0.869. The lowest BCUT2D eigenvalue weighted by Gasteiger charge is -2.14. The van der Waals surface area contributed by atoms with Crippen molar-refractivity contribution in [3.05, 3.63) is 34.6 Å². The number of halogens is 1. The lowest BCUT2D eigenvalue weighted by atomic mass is 10.0. The van der Waals surface area contributed by atoms with E-state index in [1.165, 1.54) is 6.07 Å². The number of aryl methyl sites for hydroxylation is 2. The lowest BCUT2D eigenvalue weighted by Crippen LogP contribution is -2.27. The molecule has 2 aromatic rings. The van der Waals surface area contributed by atoms with E-state index in [0.29, 0.717) is 5.39 Å². The number of aromatic nitrogens is 1. The van der Waals surface area contributed by atoms with E-state index in [1.54, 1.807) is 26.1 Å². The van der Waals surface area contributed by atoms with Crippen LogP contribution in [0, 0.1) is 5.92 Å². The minimum atomic E-state index is -4.04. The Balaban J connectivity index is 2.23. The van der Waals surface area contributed by atoms with Gasteiger partial charge in [-0.3, -0.25) is 0 Å². The Morgan fingerprint density at radius 2 is 2.14 bits per heavy atom. The van der Waals surface area contributed by atoms with Gasteiger partial charge >= 0.3 is 0 Å². The normalized spacial score (nSPS) is 16.7. The summed E-state index contributed by atoms with van der Waals surface area (Å²) in [5.74, 6) is -0.502. The van der Waals surface area contributed by atoms with Crippen molar-refractivity contribution in [3.63, 3.8) is 0 Å². The molecule has 0 radical (unpaired) electrons. The van der Waals surface area contributed by atoms with Crippen molar-refractivity contribution in [3.8, 4) is 0 Å². The summed E-state index contributed by atoms with van der Waals surface area (Å²) >= 11 is 5.97. The second kappa shape index (κ2) is 5.80. The maximum absolute atomic E-state index is 12.9. The van der Waals surface area contributed by atoms with Gasteiger partial charge in [0.1, 0.15) is 5.15 Å². The molecule has 0 fully saturated rings. The van der Waals surface area contributed by atoms with Crippen LogP contribution >= 0.6 is 11.6 Å². The average Bonchev–Trinajstić information content (AvgIpc) is 2.93. The number of rotatable bonds is 4. The third kappa shape index (κ3) is 2.85. The minimum absolute atomic E-state index is 0.0620. The predicted octanol–water partition coefficient (Wildman–Crippen LogP) is 3.31. The first-order chi connectivity index (χ1) is 11.1. The van der Waals surface area contributed by atoms with Crippen LogP contribution in [0.15, 0.2) is 23.2 Å². The van der Waals surface area contributed by atoms with Gasteiger partial charge in [-0.15, -0.1) is 0 Å². The molecule has 0 saturated carbocycles. The Hall–Kier alpha value is -1.17. The van der Waals surface area contributed by atoms with E-state index >= 15 is 0 Å². The van der Waals surface area contributed by atoms with Crippen LogP contribution in [0.5, 0.6) is 0 Å². The van der Waals surface area contributed by atoms with Gasteiger partial charge < -0.3 is 0 Å². The highest BCUT2D eigenvalue weighted by atomic mass is 35.5. The molecule has 0 spiro atoms. The van der Waals surface area contributed by atoms with E-state index in [2.05, 4.69) is 9.71 Å². The third-order valence-corrected chi connectivity index (χ3v) is 5.31. The maximum Gasteiger partial charge on any atom is 0.241 e. The van der Waals surface area contributed by atoms with Crippen molar-refractivity contribution < 1.29 is 11.2 Å². The Labute approximate surface area is 138 Å². The molecule has 118 valence electrons. The van der Waals surface area contributed by atoms with Crippen molar-refractivity contribution in [2.24, 2.45) is 5.92 Å². The highest BCUT2D eigenvalue weighted by Crippen LogP contribution is 2.35. The highest BCUT2D eigenvalue weighted by molar-refractivity contribution is 7.89. The van der Waals surface area contributed by atoms with E-state index in [0.717, 1.165) is 35.8 Å². The summed E-state index contributed by atoms with van der Waals surface area (Å²) in [6.45, 7) is 1.22. The average molecular weight is 341 g/mol. The van der Waals surface area contributed by atoms with Gasteiger partial charge in [0.2, 0.25) is 10.0 Å². The van der Waals surface area contributed by atoms with Gasteiger partial charge in [-0.05, 0) is 48.4 Å². The van der Waals surface area contributed by atoms with E-state index in [9.17, 15) is 8.42 Å². The van der Waals surface area contributed by atoms with Crippen LogP contribution in [0.1, 0.15) is 34.1 Å². The predicted molar refractivity (Wildman–Crippen MR) is 88.8 cm³/mol. The van der Waals surface area contributed by atoms with Gasteiger partial charge in [-0.25, -0.2) is 18.1 Å². The van der Waals surface area contributed by atoms with Crippen LogP contribution in [0.2, 0.25) is 5.15 Å². The fourth-order valence-corrected chi connectivity index (χ4v) is 4.23. The third-order valence-electron chi connectivity index (χ3n) is 3.80. The minimum Gasteiger partial charge on any atom is -0.244 e. The highest BCUT2D eigenvalue weighted by Gasteiger charge is 2.24. The monoisotopic (exact) mass is 340 g/mol. The number of fused-ring (bicyclic) bond motifs is 3. The first kappa shape index (κ1) is 13.3. The maximum atomic E-state index is 12.9. The summed E-state index contributed by atoms with van der Waals surface area (Å²) in [4.78, 5) is 4.15. The van der Waals surface area contributed by atoms with Gasteiger partial charge in [0, 0.05) is 26.2 Å². The molecule has 1 aliphatic rings. The van der Waals surface area contributed by atoms with Crippen LogP contribution in [0.25, 0.3) is 10.8 Å². The van der Waals surface area contributed by atoms with Gasteiger partial charge in [-0.1, -0.05) is 25.4 Å². The van der Waals surface area contributed by atoms with Gasteiger partial charge in [0.05, 0.1) is 4.90 Å². The molecule has 1 heterocycles. The smallest absolute Gasteiger partial charge is 0.241 e. The molecule has 4 nitrogen and oxygen atoms in total. The van der Waals surface area contributed by atoms with Gasteiger partial charge in [0.15, 0.2) is 0 Å².